The Balaban J connectivity index is 5.25. The minimum atomic E-state index is -1.44. The minimum Gasteiger partial charge on any atom is -0.481 e. The van der Waals surface area contributed by atoms with Crippen LogP contribution in [0, 0.1) is 5.92 Å². The lowest BCUT2D eigenvalue weighted by molar-refractivity contribution is -0.143. The van der Waals surface area contributed by atoms with Gasteiger partial charge in [0.05, 0.1) is 12.6 Å². The maximum atomic E-state index is 12.6. The molecule has 33 heavy (non-hydrogen) atoms. The van der Waals surface area contributed by atoms with Crippen LogP contribution in [-0.2, 0) is 24.0 Å². The molecule has 0 heterocycles. The summed E-state index contributed by atoms with van der Waals surface area (Å²) in [7, 11) is 0. The number of aliphatic carboxylic acids is 2. The molecule has 0 aliphatic rings. The maximum absolute atomic E-state index is 12.6. The first-order valence-corrected chi connectivity index (χ1v) is 10.8. The molecule has 4 unspecified atom stereocenters. The van der Waals surface area contributed by atoms with E-state index >= 15 is 0 Å². The van der Waals surface area contributed by atoms with E-state index < -0.39 is 66.9 Å². The van der Waals surface area contributed by atoms with Crippen molar-refractivity contribution in [2.75, 3.05) is 13.2 Å². The molecule has 0 saturated heterocycles. The molecule has 10 N–H and O–H groups in total. The summed E-state index contributed by atoms with van der Waals surface area (Å²) >= 11 is 0. The topological polar surface area (TPSA) is 234 Å². The normalized spacial score (nSPS) is 14.6. The minimum absolute atomic E-state index is 0.0542. The number of aliphatic hydroxyl groups is 1. The number of rotatable bonds is 17. The molecule has 0 aliphatic carbocycles. The van der Waals surface area contributed by atoms with Crippen LogP contribution < -0.4 is 27.4 Å². The fourth-order valence-electron chi connectivity index (χ4n) is 2.89. The van der Waals surface area contributed by atoms with Crippen LogP contribution in [0.2, 0.25) is 0 Å². The molecular weight excluding hydrogens is 438 g/mol. The van der Waals surface area contributed by atoms with E-state index in [4.69, 9.17) is 16.6 Å². The van der Waals surface area contributed by atoms with Gasteiger partial charge in [0.1, 0.15) is 18.1 Å². The highest BCUT2D eigenvalue weighted by atomic mass is 16.4. The van der Waals surface area contributed by atoms with Crippen molar-refractivity contribution >= 4 is 29.7 Å². The first kappa shape index (κ1) is 30.2. The number of aliphatic hydroxyl groups excluding tert-OH is 1. The number of hydrogen-bond donors (Lipinski definition) is 8. The predicted molar refractivity (Wildman–Crippen MR) is 118 cm³/mol. The second-order valence-electron chi connectivity index (χ2n) is 8.16. The number of unbranched alkanes of at least 4 members (excludes halogenated alkanes) is 1. The Labute approximate surface area is 192 Å². The summed E-state index contributed by atoms with van der Waals surface area (Å²) in [5.74, 6) is -5.07. The van der Waals surface area contributed by atoms with Crippen LogP contribution >= 0.6 is 0 Å². The zero-order valence-electron chi connectivity index (χ0n) is 19.1. The van der Waals surface area contributed by atoms with Crippen molar-refractivity contribution in [3.05, 3.63) is 0 Å². The molecule has 0 radical (unpaired) electrons. The molecule has 0 aromatic carbocycles. The first-order chi connectivity index (χ1) is 15.4. The zero-order valence-corrected chi connectivity index (χ0v) is 19.1. The van der Waals surface area contributed by atoms with E-state index in [1.54, 1.807) is 13.8 Å². The summed E-state index contributed by atoms with van der Waals surface area (Å²) in [4.78, 5) is 59.7. The summed E-state index contributed by atoms with van der Waals surface area (Å²) in [6, 6.07) is -5.01. The van der Waals surface area contributed by atoms with E-state index in [1.165, 1.54) is 0 Å². The zero-order chi connectivity index (χ0) is 25.6. The summed E-state index contributed by atoms with van der Waals surface area (Å²) in [6.45, 7) is 3.17. The first-order valence-electron chi connectivity index (χ1n) is 10.8. The standard InChI is InChI=1S/C20H37N5O8/c1-11(2)9-14(20(32)33)24-18(30)13(6-7-16(27)28)23-19(31)15(10-26)25-17(29)12(22)5-3-4-8-21/h11-15,26H,3-10,21-22H2,1-2H3,(H,23,31)(H,24,30)(H,25,29)(H,27,28)(H,32,33). The van der Waals surface area contributed by atoms with Gasteiger partial charge in [-0.15, -0.1) is 0 Å². The Hall–Kier alpha value is -2.77. The van der Waals surface area contributed by atoms with Gasteiger partial charge in [0.15, 0.2) is 0 Å². The quantitative estimate of drug-likeness (QED) is 0.106. The molecule has 0 rings (SSSR count). The van der Waals surface area contributed by atoms with Gasteiger partial charge < -0.3 is 42.7 Å². The van der Waals surface area contributed by atoms with Gasteiger partial charge in [0, 0.05) is 6.42 Å². The van der Waals surface area contributed by atoms with Gasteiger partial charge in [-0.2, -0.15) is 0 Å². The van der Waals surface area contributed by atoms with Crippen LogP contribution in [0.5, 0.6) is 0 Å². The molecular formula is C20H37N5O8. The molecule has 13 nitrogen and oxygen atoms in total. The predicted octanol–water partition coefficient (Wildman–Crippen LogP) is -2.12. The van der Waals surface area contributed by atoms with Crippen LogP contribution in [0.15, 0.2) is 0 Å². The second kappa shape index (κ2) is 15.9. The molecule has 0 aromatic rings. The Morgan fingerprint density at radius 1 is 0.818 bits per heavy atom. The largest absolute Gasteiger partial charge is 0.481 e. The van der Waals surface area contributed by atoms with E-state index in [-0.39, 0.29) is 18.8 Å². The number of carbonyl (C=O) groups excluding carboxylic acids is 3. The molecule has 0 saturated carbocycles. The lowest BCUT2D eigenvalue weighted by Gasteiger charge is -2.24. The average Bonchev–Trinajstić information content (AvgIpc) is 2.73. The van der Waals surface area contributed by atoms with Crippen molar-refractivity contribution in [3.63, 3.8) is 0 Å². The molecule has 0 bridgehead atoms. The molecule has 0 spiro atoms. The lowest BCUT2D eigenvalue weighted by atomic mass is 10.0. The highest BCUT2D eigenvalue weighted by Gasteiger charge is 2.30. The van der Waals surface area contributed by atoms with Crippen molar-refractivity contribution in [1.82, 2.24) is 16.0 Å². The van der Waals surface area contributed by atoms with E-state index in [2.05, 4.69) is 16.0 Å². The number of nitrogens with one attached hydrogen (secondary N) is 3. The van der Waals surface area contributed by atoms with Crippen LogP contribution in [0.1, 0.15) is 52.4 Å². The average molecular weight is 476 g/mol. The lowest BCUT2D eigenvalue weighted by Crippen LogP contribution is -2.58. The molecule has 0 fully saturated rings. The van der Waals surface area contributed by atoms with Crippen molar-refractivity contribution < 1.29 is 39.3 Å². The smallest absolute Gasteiger partial charge is 0.326 e. The van der Waals surface area contributed by atoms with Crippen molar-refractivity contribution in [3.8, 4) is 0 Å². The van der Waals surface area contributed by atoms with Gasteiger partial charge in [0.25, 0.3) is 0 Å². The third kappa shape index (κ3) is 12.7. The number of carboxylic acid groups (broad SMARTS) is 2. The summed E-state index contributed by atoms with van der Waals surface area (Å²) in [6.07, 6.45) is 0.893. The highest BCUT2D eigenvalue weighted by molar-refractivity contribution is 5.94. The molecule has 3 amide bonds. The molecule has 0 aromatic heterocycles. The molecule has 4 atom stereocenters. The van der Waals surface area contributed by atoms with Crippen LogP contribution in [-0.4, -0.2) is 82.3 Å². The fourth-order valence-corrected chi connectivity index (χ4v) is 2.89. The van der Waals surface area contributed by atoms with Crippen LogP contribution in [0.4, 0.5) is 0 Å². The fraction of sp³-hybridized carbons (Fsp3) is 0.750. The van der Waals surface area contributed by atoms with Gasteiger partial charge in [-0.1, -0.05) is 20.3 Å². The Morgan fingerprint density at radius 2 is 1.36 bits per heavy atom. The second-order valence-corrected chi connectivity index (χ2v) is 8.16. The summed E-state index contributed by atoms with van der Waals surface area (Å²) < 4.78 is 0. The number of hydrogen-bond acceptors (Lipinski definition) is 8. The van der Waals surface area contributed by atoms with Crippen LogP contribution in [0.3, 0.4) is 0 Å². The van der Waals surface area contributed by atoms with E-state index in [0.29, 0.717) is 25.8 Å². The maximum Gasteiger partial charge on any atom is 0.326 e. The van der Waals surface area contributed by atoms with Gasteiger partial charge in [-0.05, 0) is 38.1 Å². The summed E-state index contributed by atoms with van der Waals surface area (Å²) in [5.41, 5.74) is 11.2. The highest BCUT2D eigenvalue weighted by Crippen LogP contribution is 2.07. The van der Waals surface area contributed by atoms with Crippen molar-refractivity contribution in [2.45, 2.75) is 76.5 Å². The third-order valence-corrected chi connectivity index (χ3v) is 4.72. The number of nitrogens with two attached hydrogens (primary N) is 2. The SMILES string of the molecule is CC(C)CC(NC(=O)C(CCC(=O)O)NC(=O)C(CO)NC(=O)C(N)CCCCN)C(=O)O. The van der Waals surface area contributed by atoms with Gasteiger partial charge in [-0.25, -0.2) is 4.79 Å². The number of carbonyl (C=O) groups is 5. The van der Waals surface area contributed by atoms with E-state index in [0.717, 1.165) is 0 Å². The van der Waals surface area contributed by atoms with Crippen LogP contribution in [0.25, 0.3) is 0 Å². The van der Waals surface area contributed by atoms with Crippen molar-refractivity contribution in [2.24, 2.45) is 17.4 Å². The third-order valence-electron chi connectivity index (χ3n) is 4.72. The van der Waals surface area contributed by atoms with Gasteiger partial charge in [-0.3, -0.25) is 19.2 Å². The van der Waals surface area contributed by atoms with Gasteiger partial charge >= 0.3 is 11.9 Å². The summed E-state index contributed by atoms with van der Waals surface area (Å²) in [5, 5.41) is 34.6. The number of amides is 3. The monoisotopic (exact) mass is 475 g/mol. The Bertz CT molecular complexity index is 673. The molecule has 0 aliphatic heterocycles. The van der Waals surface area contributed by atoms with E-state index in [1.807, 2.05) is 0 Å². The molecule has 13 heteroatoms. The Kier molecular flexibility index (Phi) is 14.6. The van der Waals surface area contributed by atoms with Crippen molar-refractivity contribution in [1.29, 1.82) is 0 Å². The van der Waals surface area contributed by atoms with E-state index in [9.17, 15) is 34.2 Å². The Morgan fingerprint density at radius 3 is 1.85 bits per heavy atom. The van der Waals surface area contributed by atoms with Gasteiger partial charge in [0.2, 0.25) is 17.7 Å². The molecule has 190 valence electrons. The number of carboxylic acids is 2.